The van der Waals surface area contributed by atoms with Gasteiger partial charge in [-0.1, -0.05) is 12.8 Å². The van der Waals surface area contributed by atoms with Crippen LogP contribution in [-0.4, -0.2) is 23.1 Å². The zero-order valence-electron chi connectivity index (χ0n) is 8.85. The van der Waals surface area contributed by atoms with E-state index in [1.54, 1.807) is 12.4 Å². The fourth-order valence-corrected chi connectivity index (χ4v) is 2.13. The van der Waals surface area contributed by atoms with Gasteiger partial charge in [-0.15, -0.1) is 0 Å². The summed E-state index contributed by atoms with van der Waals surface area (Å²) in [5.41, 5.74) is 0.423. The molecule has 1 aromatic rings. The molecule has 0 amide bonds. The first-order valence-electron chi connectivity index (χ1n) is 5.27. The Morgan fingerprint density at radius 1 is 1.33 bits per heavy atom. The number of rotatable bonds is 2. The van der Waals surface area contributed by atoms with Crippen molar-refractivity contribution < 1.29 is 0 Å². The van der Waals surface area contributed by atoms with Crippen LogP contribution < -0.4 is 4.90 Å². The lowest BCUT2D eigenvalue weighted by Crippen LogP contribution is -2.30. The van der Waals surface area contributed by atoms with Crippen LogP contribution in [0.1, 0.15) is 31.4 Å². The van der Waals surface area contributed by atoms with Crippen LogP contribution in [-0.2, 0) is 0 Å². The third-order valence-corrected chi connectivity index (χ3v) is 2.99. The minimum atomic E-state index is 0.423. The monoisotopic (exact) mass is 202 g/mol. The number of nitrogens with zero attached hydrogens (tertiary/aromatic N) is 4. The van der Waals surface area contributed by atoms with Gasteiger partial charge in [0.25, 0.3) is 0 Å². The summed E-state index contributed by atoms with van der Waals surface area (Å²) in [6.45, 7) is 0. The molecule has 1 saturated carbocycles. The Hall–Kier alpha value is -1.63. The maximum Gasteiger partial charge on any atom is 0.183 e. The van der Waals surface area contributed by atoms with Crippen LogP contribution in [0.15, 0.2) is 12.4 Å². The van der Waals surface area contributed by atoms with Crippen LogP contribution in [0.25, 0.3) is 0 Å². The topological polar surface area (TPSA) is 52.8 Å². The van der Waals surface area contributed by atoms with Gasteiger partial charge in [0.2, 0.25) is 0 Å². The van der Waals surface area contributed by atoms with E-state index in [1.165, 1.54) is 25.7 Å². The molecule has 0 N–H and O–H groups in total. The number of aromatic nitrogens is 2. The van der Waals surface area contributed by atoms with E-state index in [-0.39, 0.29) is 0 Å². The highest BCUT2D eigenvalue weighted by molar-refractivity contribution is 5.49. The molecule has 1 heterocycles. The molecule has 0 unspecified atom stereocenters. The summed E-state index contributed by atoms with van der Waals surface area (Å²) in [5.74, 6) is 0.715. The van der Waals surface area contributed by atoms with E-state index in [2.05, 4.69) is 20.9 Å². The highest BCUT2D eigenvalue weighted by atomic mass is 15.2. The van der Waals surface area contributed by atoms with Crippen LogP contribution in [0, 0.1) is 11.3 Å². The molecule has 4 nitrogen and oxygen atoms in total. The molecule has 1 aliphatic rings. The molecule has 2 rings (SSSR count). The molecule has 0 aromatic carbocycles. The van der Waals surface area contributed by atoms with Crippen molar-refractivity contribution in [2.75, 3.05) is 11.9 Å². The molecular weight excluding hydrogens is 188 g/mol. The van der Waals surface area contributed by atoms with Gasteiger partial charge in [-0.3, -0.25) is 0 Å². The number of hydrogen-bond donors (Lipinski definition) is 0. The van der Waals surface area contributed by atoms with Crippen LogP contribution in [0.3, 0.4) is 0 Å². The second kappa shape index (κ2) is 4.26. The Bertz CT molecular complexity index is 376. The van der Waals surface area contributed by atoms with Crippen molar-refractivity contribution in [2.45, 2.75) is 31.7 Å². The largest absolute Gasteiger partial charge is 0.354 e. The number of nitriles is 1. The maximum atomic E-state index is 8.93. The molecule has 0 spiro atoms. The Morgan fingerprint density at radius 2 is 2.00 bits per heavy atom. The maximum absolute atomic E-state index is 8.93. The summed E-state index contributed by atoms with van der Waals surface area (Å²) >= 11 is 0. The van der Waals surface area contributed by atoms with Gasteiger partial charge in [-0.05, 0) is 12.8 Å². The quantitative estimate of drug-likeness (QED) is 0.732. The van der Waals surface area contributed by atoms with Crippen molar-refractivity contribution in [1.82, 2.24) is 9.97 Å². The summed E-state index contributed by atoms with van der Waals surface area (Å²) in [7, 11) is 2.00. The van der Waals surface area contributed by atoms with E-state index in [9.17, 15) is 0 Å². The van der Waals surface area contributed by atoms with Crippen molar-refractivity contribution in [3.8, 4) is 6.07 Å². The second-order valence-corrected chi connectivity index (χ2v) is 3.89. The Morgan fingerprint density at radius 3 is 2.67 bits per heavy atom. The molecular formula is C11H14N4. The summed E-state index contributed by atoms with van der Waals surface area (Å²) in [4.78, 5) is 10.4. The first-order valence-corrected chi connectivity index (χ1v) is 5.27. The van der Waals surface area contributed by atoms with Gasteiger partial charge in [0.15, 0.2) is 11.5 Å². The minimum absolute atomic E-state index is 0.423. The molecule has 78 valence electrons. The van der Waals surface area contributed by atoms with E-state index in [1.807, 2.05) is 7.05 Å². The molecule has 0 bridgehead atoms. The smallest absolute Gasteiger partial charge is 0.183 e. The summed E-state index contributed by atoms with van der Waals surface area (Å²) < 4.78 is 0. The SMILES string of the molecule is CN(c1nccnc1C#N)C1CCCC1. The van der Waals surface area contributed by atoms with E-state index in [0.717, 1.165) is 0 Å². The van der Waals surface area contributed by atoms with Crippen molar-refractivity contribution in [3.63, 3.8) is 0 Å². The normalized spacial score (nSPS) is 16.3. The van der Waals surface area contributed by atoms with E-state index < -0.39 is 0 Å². The molecule has 1 aromatic heterocycles. The van der Waals surface area contributed by atoms with Gasteiger partial charge >= 0.3 is 0 Å². The van der Waals surface area contributed by atoms with Crippen LogP contribution >= 0.6 is 0 Å². The Labute approximate surface area is 89.6 Å². The van der Waals surface area contributed by atoms with Crippen molar-refractivity contribution >= 4 is 5.82 Å². The molecule has 1 aliphatic carbocycles. The van der Waals surface area contributed by atoms with Gasteiger partial charge in [-0.25, -0.2) is 9.97 Å². The molecule has 0 saturated heterocycles. The van der Waals surface area contributed by atoms with E-state index in [0.29, 0.717) is 17.6 Å². The predicted octanol–water partition coefficient (Wildman–Crippen LogP) is 1.73. The van der Waals surface area contributed by atoms with Gasteiger partial charge in [0.05, 0.1) is 0 Å². The zero-order chi connectivity index (χ0) is 10.7. The molecule has 15 heavy (non-hydrogen) atoms. The fraction of sp³-hybridized carbons (Fsp3) is 0.545. The first-order chi connectivity index (χ1) is 7.33. The lowest BCUT2D eigenvalue weighted by molar-refractivity contribution is 0.644. The van der Waals surface area contributed by atoms with Crippen LogP contribution in [0.5, 0.6) is 0 Å². The number of anilines is 1. The average Bonchev–Trinajstić information content (AvgIpc) is 2.81. The molecule has 4 heteroatoms. The van der Waals surface area contributed by atoms with E-state index in [4.69, 9.17) is 5.26 Å². The average molecular weight is 202 g/mol. The molecule has 1 fully saturated rings. The van der Waals surface area contributed by atoms with Gasteiger partial charge in [0.1, 0.15) is 6.07 Å². The van der Waals surface area contributed by atoms with E-state index >= 15 is 0 Å². The standard InChI is InChI=1S/C11H14N4/c1-15(9-4-2-3-5-9)11-10(8-12)13-6-7-14-11/h6-7,9H,2-5H2,1H3. The molecule has 0 aliphatic heterocycles. The van der Waals surface area contributed by atoms with Crippen LogP contribution in [0.4, 0.5) is 5.82 Å². The summed E-state index contributed by atoms with van der Waals surface area (Å²) in [6.07, 6.45) is 8.14. The Balaban J connectivity index is 2.24. The molecule has 0 atom stereocenters. The Kier molecular flexibility index (Phi) is 2.82. The second-order valence-electron chi connectivity index (χ2n) is 3.89. The third kappa shape index (κ3) is 1.91. The molecule has 0 radical (unpaired) electrons. The third-order valence-electron chi connectivity index (χ3n) is 2.99. The zero-order valence-corrected chi connectivity index (χ0v) is 8.85. The van der Waals surface area contributed by atoms with Crippen LogP contribution in [0.2, 0.25) is 0 Å². The minimum Gasteiger partial charge on any atom is -0.354 e. The number of hydrogen-bond acceptors (Lipinski definition) is 4. The van der Waals surface area contributed by atoms with Gasteiger partial charge in [-0.2, -0.15) is 5.26 Å². The van der Waals surface area contributed by atoms with Crippen molar-refractivity contribution in [2.24, 2.45) is 0 Å². The van der Waals surface area contributed by atoms with Gasteiger partial charge in [0, 0.05) is 25.5 Å². The lowest BCUT2D eigenvalue weighted by atomic mass is 10.2. The fourth-order valence-electron chi connectivity index (χ4n) is 2.13. The summed E-state index contributed by atoms with van der Waals surface area (Å²) in [5, 5.41) is 8.93. The highest BCUT2D eigenvalue weighted by Gasteiger charge is 2.22. The summed E-state index contributed by atoms with van der Waals surface area (Å²) in [6, 6.07) is 2.61. The predicted molar refractivity (Wildman–Crippen MR) is 57.4 cm³/mol. The van der Waals surface area contributed by atoms with Gasteiger partial charge < -0.3 is 4.90 Å². The highest BCUT2D eigenvalue weighted by Crippen LogP contribution is 2.26. The van der Waals surface area contributed by atoms with Crippen molar-refractivity contribution in [1.29, 1.82) is 5.26 Å². The van der Waals surface area contributed by atoms with Crippen molar-refractivity contribution in [3.05, 3.63) is 18.1 Å². The first kappa shape index (κ1) is 9.91. The lowest BCUT2D eigenvalue weighted by Gasteiger charge is -2.25.